The highest BCUT2D eigenvalue weighted by Crippen LogP contribution is 2.27. The first-order valence-electron chi connectivity index (χ1n) is 6.58. The molecule has 1 aliphatic rings. The van der Waals surface area contributed by atoms with Gasteiger partial charge in [0.2, 0.25) is 0 Å². The molecule has 2 heterocycles. The molecule has 2 rings (SSSR count). The molecule has 0 amide bonds. The third kappa shape index (κ3) is 2.68. The summed E-state index contributed by atoms with van der Waals surface area (Å²) in [4.78, 5) is 10.9. The first kappa shape index (κ1) is 13.8. The Morgan fingerprint density at radius 2 is 1.83 bits per heavy atom. The van der Waals surface area contributed by atoms with Crippen LogP contribution in [0.4, 0.5) is 5.13 Å². The van der Waals surface area contributed by atoms with Gasteiger partial charge in [0.25, 0.3) is 0 Å². The molecule has 1 fully saturated rings. The molecule has 1 saturated heterocycles. The van der Waals surface area contributed by atoms with Crippen LogP contribution in [0.15, 0.2) is 0 Å². The number of piperazine rings is 1. The Bertz CT molecular complexity index is 386. The number of hydrogen-bond donors (Lipinski definition) is 1. The van der Waals surface area contributed by atoms with E-state index < -0.39 is 0 Å². The van der Waals surface area contributed by atoms with Gasteiger partial charge in [0.1, 0.15) is 0 Å². The van der Waals surface area contributed by atoms with Crippen molar-refractivity contribution in [2.45, 2.75) is 33.2 Å². The average molecular weight is 268 g/mol. The van der Waals surface area contributed by atoms with Crippen LogP contribution in [0.3, 0.4) is 0 Å². The molecule has 0 radical (unpaired) electrons. The SMILES string of the molecule is Cc1nc(N2CCN(C(C)(C)CN)CC2)sc1C. The maximum Gasteiger partial charge on any atom is 0.185 e. The summed E-state index contributed by atoms with van der Waals surface area (Å²) < 4.78 is 0. The van der Waals surface area contributed by atoms with E-state index in [9.17, 15) is 0 Å². The fourth-order valence-electron chi connectivity index (χ4n) is 2.22. The summed E-state index contributed by atoms with van der Waals surface area (Å²) in [6.45, 7) is 13.6. The van der Waals surface area contributed by atoms with Crippen LogP contribution in [0, 0.1) is 13.8 Å². The molecule has 102 valence electrons. The van der Waals surface area contributed by atoms with Gasteiger partial charge in [0.05, 0.1) is 5.69 Å². The molecule has 0 unspecified atom stereocenters. The van der Waals surface area contributed by atoms with Crippen molar-refractivity contribution in [1.82, 2.24) is 9.88 Å². The Hall–Kier alpha value is -0.650. The number of nitrogens with zero attached hydrogens (tertiary/aromatic N) is 3. The molecule has 18 heavy (non-hydrogen) atoms. The van der Waals surface area contributed by atoms with Crippen molar-refractivity contribution >= 4 is 16.5 Å². The summed E-state index contributed by atoms with van der Waals surface area (Å²) >= 11 is 1.81. The molecule has 0 aromatic carbocycles. The average Bonchev–Trinajstić information content (AvgIpc) is 2.70. The molecule has 2 N–H and O–H groups in total. The molecule has 0 spiro atoms. The summed E-state index contributed by atoms with van der Waals surface area (Å²) in [5.41, 5.74) is 7.12. The minimum Gasteiger partial charge on any atom is -0.346 e. The molecular weight excluding hydrogens is 244 g/mol. The standard InChI is InChI=1S/C13H24N4S/c1-10-11(2)18-12(15-10)16-5-7-17(8-6-16)13(3,4)9-14/h5-9,14H2,1-4H3. The van der Waals surface area contributed by atoms with Crippen LogP contribution in [0.5, 0.6) is 0 Å². The van der Waals surface area contributed by atoms with Gasteiger partial charge in [-0.05, 0) is 27.7 Å². The van der Waals surface area contributed by atoms with Crippen LogP contribution in [0.25, 0.3) is 0 Å². The Morgan fingerprint density at radius 1 is 1.22 bits per heavy atom. The van der Waals surface area contributed by atoms with Crippen molar-refractivity contribution in [3.8, 4) is 0 Å². The maximum atomic E-state index is 5.84. The number of anilines is 1. The normalized spacial score (nSPS) is 18.4. The first-order chi connectivity index (χ1) is 8.44. The van der Waals surface area contributed by atoms with Crippen molar-refractivity contribution in [3.63, 3.8) is 0 Å². The predicted octanol–water partition coefficient (Wildman–Crippen LogP) is 1.62. The predicted molar refractivity (Wildman–Crippen MR) is 78.5 cm³/mol. The molecule has 1 aliphatic heterocycles. The van der Waals surface area contributed by atoms with Gasteiger partial charge in [-0.1, -0.05) is 0 Å². The summed E-state index contributed by atoms with van der Waals surface area (Å²) in [6.07, 6.45) is 0. The van der Waals surface area contributed by atoms with E-state index in [-0.39, 0.29) is 5.54 Å². The van der Waals surface area contributed by atoms with Crippen LogP contribution in [-0.2, 0) is 0 Å². The van der Waals surface area contributed by atoms with Gasteiger partial charge >= 0.3 is 0 Å². The summed E-state index contributed by atoms with van der Waals surface area (Å²) in [5.74, 6) is 0. The van der Waals surface area contributed by atoms with E-state index in [1.807, 2.05) is 0 Å². The van der Waals surface area contributed by atoms with Gasteiger partial charge < -0.3 is 10.6 Å². The quantitative estimate of drug-likeness (QED) is 0.905. The molecular formula is C13H24N4S. The zero-order chi connectivity index (χ0) is 13.3. The molecule has 4 nitrogen and oxygen atoms in total. The van der Waals surface area contributed by atoms with E-state index in [4.69, 9.17) is 5.73 Å². The number of nitrogens with two attached hydrogens (primary N) is 1. The van der Waals surface area contributed by atoms with E-state index in [2.05, 4.69) is 42.5 Å². The lowest BCUT2D eigenvalue weighted by molar-refractivity contribution is 0.119. The van der Waals surface area contributed by atoms with Crippen LogP contribution in [-0.4, -0.2) is 48.1 Å². The molecule has 0 saturated carbocycles. The van der Waals surface area contributed by atoms with Gasteiger partial charge in [-0.2, -0.15) is 0 Å². The van der Waals surface area contributed by atoms with Crippen molar-refractivity contribution in [2.75, 3.05) is 37.6 Å². The Morgan fingerprint density at radius 3 is 2.28 bits per heavy atom. The molecule has 5 heteroatoms. The second-order valence-corrected chi connectivity index (χ2v) is 6.81. The number of aryl methyl sites for hydroxylation is 2. The van der Waals surface area contributed by atoms with E-state index in [1.165, 1.54) is 15.7 Å². The van der Waals surface area contributed by atoms with Gasteiger partial charge in [-0.3, -0.25) is 4.90 Å². The highest BCUT2D eigenvalue weighted by molar-refractivity contribution is 7.15. The van der Waals surface area contributed by atoms with Crippen molar-refractivity contribution in [3.05, 3.63) is 10.6 Å². The fourth-order valence-corrected chi connectivity index (χ4v) is 3.18. The molecule has 0 atom stereocenters. The summed E-state index contributed by atoms with van der Waals surface area (Å²) in [6, 6.07) is 0. The third-order valence-electron chi connectivity index (χ3n) is 3.92. The van der Waals surface area contributed by atoms with Crippen molar-refractivity contribution < 1.29 is 0 Å². The Kier molecular flexibility index (Phi) is 3.94. The van der Waals surface area contributed by atoms with Gasteiger partial charge in [0.15, 0.2) is 5.13 Å². The summed E-state index contributed by atoms with van der Waals surface area (Å²) in [5, 5.41) is 1.18. The largest absolute Gasteiger partial charge is 0.346 e. The summed E-state index contributed by atoms with van der Waals surface area (Å²) in [7, 11) is 0. The fraction of sp³-hybridized carbons (Fsp3) is 0.769. The smallest absolute Gasteiger partial charge is 0.185 e. The van der Waals surface area contributed by atoms with Crippen LogP contribution >= 0.6 is 11.3 Å². The molecule has 1 aromatic rings. The highest BCUT2D eigenvalue weighted by Gasteiger charge is 2.29. The monoisotopic (exact) mass is 268 g/mol. The third-order valence-corrected chi connectivity index (χ3v) is 5.06. The Balaban J connectivity index is 1.98. The highest BCUT2D eigenvalue weighted by atomic mass is 32.1. The maximum absolute atomic E-state index is 5.84. The van der Waals surface area contributed by atoms with E-state index >= 15 is 0 Å². The van der Waals surface area contributed by atoms with Gasteiger partial charge in [-0.15, -0.1) is 11.3 Å². The lowest BCUT2D eigenvalue weighted by atomic mass is 10.0. The minimum atomic E-state index is 0.112. The number of rotatable bonds is 3. The minimum absolute atomic E-state index is 0.112. The Labute approximate surface area is 114 Å². The van der Waals surface area contributed by atoms with Gasteiger partial charge in [-0.25, -0.2) is 4.98 Å². The van der Waals surface area contributed by atoms with Crippen LogP contribution in [0.1, 0.15) is 24.4 Å². The van der Waals surface area contributed by atoms with Crippen molar-refractivity contribution in [2.24, 2.45) is 5.73 Å². The van der Waals surface area contributed by atoms with Crippen LogP contribution in [0.2, 0.25) is 0 Å². The lowest BCUT2D eigenvalue weighted by Crippen LogP contribution is -2.57. The zero-order valence-electron chi connectivity index (χ0n) is 11.9. The number of hydrogen-bond acceptors (Lipinski definition) is 5. The number of thiazole rings is 1. The first-order valence-corrected chi connectivity index (χ1v) is 7.40. The molecule has 1 aromatic heterocycles. The molecule has 0 bridgehead atoms. The van der Waals surface area contributed by atoms with Crippen LogP contribution < -0.4 is 10.6 Å². The second-order valence-electron chi connectivity index (χ2n) is 5.63. The lowest BCUT2D eigenvalue weighted by Gasteiger charge is -2.43. The van der Waals surface area contributed by atoms with E-state index in [0.29, 0.717) is 6.54 Å². The topological polar surface area (TPSA) is 45.4 Å². The zero-order valence-corrected chi connectivity index (χ0v) is 12.7. The van der Waals surface area contributed by atoms with Crippen molar-refractivity contribution in [1.29, 1.82) is 0 Å². The van der Waals surface area contributed by atoms with Gasteiger partial charge in [0, 0.05) is 43.1 Å². The molecule has 0 aliphatic carbocycles. The van der Waals surface area contributed by atoms with E-state index in [1.54, 1.807) is 11.3 Å². The number of aromatic nitrogens is 1. The van der Waals surface area contributed by atoms with E-state index in [0.717, 1.165) is 26.2 Å². The second kappa shape index (κ2) is 5.15.